The summed E-state index contributed by atoms with van der Waals surface area (Å²) in [6.45, 7) is 2.24. The highest BCUT2D eigenvalue weighted by Crippen LogP contribution is 2.32. The summed E-state index contributed by atoms with van der Waals surface area (Å²) in [5.41, 5.74) is 0.806. The van der Waals surface area contributed by atoms with Crippen molar-refractivity contribution in [2.24, 2.45) is 11.8 Å². The number of halogens is 1. The zero-order valence-electron chi connectivity index (χ0n) is 12.2. The van der Waals surface area contributed by atoms with Crippen LogP contribution in [0.3, 0.4) is 0 Å². The second-order valence-electron chi connectivity index (χ2n) is 5.59. The monoisotopic (exact) mass is 296 g/mol. The third-order valence-corrected chi connectivity index (χ3v) is 4.11. The Kier molecular flexibility index (Phi) is 7.60. The molecule has 0 aliphatic heterocycles. The fraction of sp³-hybridized carbons (Fsp3) is 0.625. The van der Waals surface area contributed by atoms with Crippen LogP contribution in [0.1, 0.15) is 51.9 Å². The number of anilines is 1. The standard InChI is InChI=1S/C16H24N2O.ClH/c1-2-3-5-13-7-9-14(10-8-13)16(19)18-15-6-4-11-17-12-15;/h4,6,11-14H,2-3,5,7-10H2,1H3,(H,18,19);1H. The molecule has 1 saturated carbocycles. The number of aromatic nitrogens is 1. The second-order valence-corrected chi connectivity index (χ2v) is 5.59. The van der Waals surface area contributed by atoms with Gasteiger partial charge in [0.05, 0.1) is 11.9 Å². The van der Waals surface area contributed by atoms with Crippen molar-refractivity contribution >= 4 is 24.0 Å². The molecule has 0 radical (unpaired) electrons. The molecule has 1 aromatic heterocycles. The summed E-state index contributed by atoms with van der Waals surface area (Å²) in [4.78, 5) is 16.2. The molecule has 0 unspecified atom stereocenters. The van der Waals surface area contributed by atoms with Crippen LogP contribution >= 0.6 is 12.4 Å². The van der Waals surface area contributed by atoms with Crippen molar-refractivity contribution in [2.45, 2.75) is 51.9 Å². The van der Waals surface area contributed by atoms with Crippen molar-refractivity contribution in [3.05, 3.63) is 24.5 Å². The number of nitrogens with zero attached hydrogens (tertiary/aromatic N) is 1. The minimum atomic E-state index is 0. The van der Waals surface area contributed by atoms with Crippen LogP contribution in [-0.2, 0) is 4.79 Å². The summed E-state index contributed by atoms with van der Waals surface area (Å²) >= 11 is 0. The van der Waals surface area contributed by atoms with Crippen molar-refractivity contribution in [1.29, 1.82) is 0 Å². The van der Waals surface area contributed by atoms with Gasteiger partial charge in [0.1, 0.15) is 0 Å². The van der Waals surface area contributed by atoms with Crippen molar-refractivity contribution < 1.29 is 4.79 Å². The molecule has 1 heterocycles. The maximum Gasteiger partial charge on any atom is 0.227 e. The first-order valence-corrected chi connectivity index (χ1v) is 7.50. The third-order valence-electron chi connectivity index (χ3n) is 4.11. The summed E-state index contributed by atoms with van der Waals surface area (Å²) < 4.78 is 0. The Bertz CT molecular complexity index is 389. The molecular weight excluding hydrogens is 272 g/mol. The van der Waals surface area contributed by atoms with E-state index in [1.54, 1.807) is 12.4 Å². The average molecular weight is 297 g/mol. The Morgan fingerprint density at radius 1 is 1.35 bits per heavy atom. The van der Waals surface area contributed by atoms with Crippen LogP contribution in [0.4, 0.5) is 5.69 Å². The van der Waals surface area contributed by atoms with Crippen molar-refractivity contribution in [3.63, 3.8) is 0 Å². The molecule has 1 aliphatic rings. The zero-order chi connectivity index (χ0) is 13.5. The van der Waals surface area contributed by atoms with Crippen LogP contribution < -0.4 is 5.32 Å². The highest BCUT2D eigenvalue weighted by Gasteiger charge is 2.25. The molecule has 2 rings (SSSR count). The third kappa shape index (κ3) is 5.12. The van der Waals surface area contributed by atoms with E-state index in [0.717, 1.165) is 24.4 Å². The number of hydrogen-bond acceptors (Lipinski definition) is 2. The van der Waals surface area contributed by atoms with Crippen molar-refractivity contribution in [2.75, 3.05) is 5.32 Å². The SMILES string of the molecule is CCCCC1CCC(C(=O)Nc2cccnc2)CC1.Cl. The fourth-order valence-corrected chi connectivity index (χ4v) is 2.89. The molecule has 4 heteroatoms. The fourth-order valence-electron chi connectivity index (χ4n) is 2.89. The molecule has 112 valence electrons. The number of nitrogens with one attached hydrogen (secondary N) is 1. The van der Waals surface area contributed by atoms with Crippen molar-refractivity contribution in [1.82, 2.24) is 4.98 Å². The van der Waals surface area contributed by atoms with Crippen LogP contribution in [0.25, 0.3) is 0 Å². The first kappa shape index (κ1) is 17.0. The molecule has 0 aromatic carbocycles. The Labute approximate surface area is 128 Å². The number of hydrogen-bond donors (Lipinski definition) is 1. The van der Waals surface area contributed by atoms with Gasteiger partial charge in [0.25, 0.3) is 0 Å². The summed E-state index contributed by atoms with van der Waals surface area (Å²) in [5.74, 6) is 1.21. The van der Waals surface area contributed by atoms with Gasteiger partial charge >= 0.3 is 0 Å². The van der Waals surface area contributed by atoms with Gasteiger partial charge in [-0.25, -0.2) is 0 Å². The largest absolute Gasteiger partial charge is 0.324 e. The minimum Gasteiger partial charge on any atom is -0.324 e. The van der Waals surface area contributed by atoms with E-state index in [2.05, 4.69) is 17.2 Å². The lowest BCUT2D eigenvalue weighted by Crippen LogP contribution is -2.27. The van der Waals surface area contributed by atoms with E-state index in [-0.39, 0.29) is 24.2 Å². The van der Waals surface area contributed by atoms with E-state index in [1.165, 1.54) is 32.1 Å². The van der Waals surface area contributed by atoms with Gasteiger partial charge in [-0.15, -0.1) is 12.4 Å². The summed E-state index contributed by atoms with van der Waals surface area (Å²) in [6.07, 6.45) is 11.9. The predicted molar refractivity (Wildman–Crippen MR) is 85.1 cm³/mol. The topological polar surface area (TPSA) is 42.0 Å². The normalized spacial score (nSPS) is 21.9. The van der Waals surface area contributed by atoms with Crippen LogP contribution in [0.5, 0.6) is 0 Å². The van der Waals surface area contributed by atoms with Gasteiger partial charge in [0, 0.05) is 12.1 Å². The summed E-state index contributed by atoms with van der Waals surface area (Å²) in [6, 6.07) is 3.73. The van der Waals surface area contributed by atoms with Gasteiger partial charge in [0.2, 0.25) is 5.91 Å². The molecular formula is C16H25ClN2O. The van der Waals surface area contributed by atoms with E-state index in [4.69, 9.17) is 0 Å². The molecule has 0 bridgehead atoms. The molecule has 1 N–H and O–H groups in total. The van der Waals surface area contributed by atoms with Gasteiger partial charge < -0.3 is 5.32 Å². The molecule has 0 spiro atoms. The molecule has 1 aliphatic carbocycles. The first-order chi connectivity index (χ1) is 9.29. The molecule has 1 amide bonds. The van der Waals surface area contributed by atoms with Crippen LogP contribution in [0.15, 0.2) is 24.5 Å². The number of pyridine rings is 1. The van der Waals surface area contributed by atoms with Crippen LogP contribution in [0, 0.1) is 11.8 Å². The number of amides is 1. The Morgan fingerprint density at radius 2 is 2.10 bits per heavy atom. The number of unbranched alkanes of at least 4 members (excludes halogenated alkanes) is 1. The Balaban J connectivity index is 0.00000200. The van der Waals surface area contributed by atoms with Gasteiger partial charge in [-0.2, -0.15) is 0 Å². The quantitative estimate of drug-likeness (QED) is 0.873. The predicted octanol–water partition coefficient (Wildman–Crippen LogP) is 4.44. The molecule has 0 saturated heterocycles. The van der Waals surface area contributed by atoms with Gasteiger partial charge in [-0.05, 0) is 43.7 Å². The molecule has 3 nitrogen and oxygen atoms in total. The number of carbonyl (C=O) groups excluding carboxylic acids is 1. The van der Waals surface area contributed by atoms with Crippen LogP contribution in [-0.4, -0.2) is 10.9 Å². The lowest BCUT2D eigenvalue weighted by Gasteiger charge is -2.27. The van der Waals surface area contributed by atoms with E-state index >= 15 is 0 Å². The number of rotatable bonds is 5. The summed E-state index contributed by atoms with van der Waals surface area (Å²) in [7, 11) is 0. The average Bonchev–Trinajstić information content (AvgIpc) is 2.46. The smallest absolute Gasteiger partial charge is 0.227 e. The van der Waals surface area contributed by atoms with E-state index in [9.17, 15) is 4.79 Å². The Hall–Kier alpha value is -1.09. The first-order valence-electron chi connectivity index (χ1n) is 7.50. The van der Waals surface area contributed by atoms with Crippen LogP contribution in [0.2, 0.25) is 0 Å². The number of carbonyl (C=O) groups is 1. The lowest BCUT2D eigenvalue weighted by atomic mass is 9.79. The lowest BCUT2D eigenvalue weighted by molar-refractivity contribution is -0.121. The van der Waals surface area contributed by atoms with Gasteiger partial charge in [0.15, 0.2) is 0 Å². The van der Waals surface area contributed by atoms with E-state index < -0.39 is 0 Å². The molecule has 20 heavy (non-hydrogen) atoms. The maximum absolute atomic E-state index is 12.1. The van der Waals surface area contributed by atoms with E-state index in [1.807, 2.05) is 12.1 Å². The highest BCUT2D eigenvalue weighted by atomic mass is 35.5. The molecule has 1 fully saturated rings. The van der Waals surface area contributed by atoms with Gasteiger partial charge in [-0.3, -0.25) is 9.78 Å². The Morgan fingerprint density at radius 3 is 2.70 bits per heavy atom. The second kappa shape index (κ2) is 8.96. The molecule has 1 aromatic rings. The summed E-state index contributed by atoms with van der Waals surface area (Å²) in [5, 5.41) is 2.97. The maximum atomic E-state index is 12.1. The highest BCUT2D eigenvalue weighted by molar-refractivity contribution is 5.92. The zero-order valence-corrected chi connectivity index (χ0v) is 13.0. The van der Waals surface area contributed by atoms with Crippen molar-refractivity contribution in [3.8, 4) is 0 Å². The minimum absolute atomic E-state index is 0. The molecule has 0 atom stereocenters. The van der Waals surface area contributed by atoms with Gasteiger partial charge in [-0.1, -0.05) is 26.2 Å². The van der Waals surface area contributed by atoms with E-state index in [0.29, 0.717) is 0 Å².